The van der Waals surface area contributed by atoms with Gasteiger partial charge in [-0.1, -0.05) is 26.2 Å². The molecule has 0 radical (unpaired) electrons. The molecule has 5 nitrogen and oxygen atoms in total. The Morgan fingerprint density at radius 1 is 1.14 bits per heavy atom. The predicted molar refractivity (Wildman–Crippen MR) is 86.2 cm³/mol. The van der Waals surface area contributed by atoms with Gasteiger partial charge in [0.2, 0.25) is 5.91 Å². The Balaban J connectivity index is 1.95. The van der Waals surface area contributed by atoms with Crippen LogP contribution >= 0.6 is 0 Å². The highest BCUT2D eigenvalue weighted by molar-refractivity contribution is 5.78. The average molecular weight is 296 g/mol. The van der Waals surface area contributed by atoms with Gasteiger partial charge >= 0.3 is 0 Å². The van der Waals surface area contributed by atoms with Crippen molar-refractivity contribution in [1.82, 2.24) is 14.7 Å². The molecule has 0 unspecified atom stereocenters. The first-order valence-electron chi connectivity index (χ1n) is 8.53. The first-order chi connectivity index (χ1) is 10.1. The quantitative estimate of drug-likeness (QED) is 0.813. The molecule has 1 amide bonds. The summed E-state index contributed by atoms with van der Waals surface area (Å²) in [6.45, 7) is 7.99. The van der Waals surface area contributed by atoms with Crippen molar-refractivity contribution in [1.29, 1.82) is 0 Å². The third-order valence-electron chi connectivity index (χ3n) is 5.40. The molecule has 1 heterocycles. The molecule has 1 saturated heterocycles. The molecule has 1 saturated carbocycles. The van der Waals surface area contributed by atoms with E-state index in [0.717, 1.165) is 45.6 Å². The van der Waals surface area contributed by atoms with Crippen molar-refractivity contribution in [2.75, 3.05) is 52.9 Å². The summed E-state index contributed by atoms with van der Waals surface area (Å²) in [4.78, 5) is 19.3. The van der Waals surface area contributed by atoms with Crippen molar-refractivity contribution in [3.8, 4) is 0 Å². The molecule has 1 aliphatic carbocycles. The van der Waals surface area contributed by atoms with Crippen LogP contribution in [0, 0.1) is 0 Å². The fraction of sp³-hybridized carbons (Fsp3) is 0.938. The van der Waals surface area contributed by atoms with Crippen LogP contribution in [0.1, 0.15) is 39.0 Å². The number of hydrogen-bond donors (Lipinski definition) is 1. The zero-order valence-corrected chi connectivity index (χ0v) is 13.8. The standard InChI is InChI=1S/C16H32N4O/c1-3-20(16(14-17)7-5-4-6-8-16)13-15(21)19-11-9-18(2)10-12-19/h3-14,17H2,1-2H3. The van der Waals surface area contributed by atoms with Gasteiger partial charge in [0.25, 0.3) is 0 Å². The van der Waals surface area contributed by atoms with E-state index in [4.69, 9.17) is 5.73 Å². The molecule has 0 atom stereocenters. The van der Waals surface area contributed by atoms with E-state index in [2.05, 4.69) is 23.8 Å². The van der Waals surface area contributed by atoms with Crippen molar-refractivity contribution in [2.24, 2.45) is 5.73 Å². The zero-order valence-electron chi connectivity index (χ0n) is 13.8. The molecule has 0 spiro atoms. The van der Waals surface area contributed by atoms with Crippen LogP contribution in [0.5, 0.6) is 0 Å². The molecule has 2 N–H and O–H groups in total. The van der Waals surface area contributed by atoms with Gasteiger partial charge in [-0.15, -0.1) is 0 Å². The maximum absolute atomic E-state index is 12.6. The van der Waals surface area contributed by atoms with Gasteiger partial charge in [0.1, 0.15) is 0 Å². The fourth-order valence-corrected chi connectivity index (χ4v) is 3.79. The molecule has 0 aromatic carbocycles. The van der Waals surface area contributed by atoms with Gasteiger partial charge in [0.05, 0.1) is 6.54 Å². The molecular formula is C16H32N4O. The Labute approximate surface area is 129 Å². The van der Waals surface area contributed by atoms with E-state index in [9.17, 15) is 4.79 Å². The van der Waals surface area contributed by atoms with E-state index in [-0.39, 0.29) is 11.4 Å². The Hall–Kier alpha value is -0.650. The highest BCUT2D eigenvalue weighted by Crippen LogP contribution is 2.32. The lowest BCUT2D eigenvalue weighted by Crippen LogP contribution is -2.58. The minimum atomic E-state index is 0.0647. The van der Waals surface area contributed by atoms with Gasteiger partial charge < -0.3 is 15.5 Å². The summed E-state index contributed by atoms with van der Waals surface area (Å²) in [7, 11) is 2.12. The summed E-state index contributed by atoms with van der Waals surface area (Å²) in [5.74, 6) is 0.281. The summed E-state index contributed by atoms with van der Waals surface area (Å²) < 4.78 is 0. The third-order valence-corrected chi connectivity index (χ3v) is 5.40. The van der Waals surface area contributed by atoms with E-state index in [0.29, 0.717) is 13.1 Å². The molecule has 21 heavy (non-hydrogen) atoms. The molecule has 0 aromatic heterocycles. The van der Waals surface area contributed by atoms with Crippen molar-refractivity contribution >= 4 is 5.91 Å². The normalized spacial score (nSPS) is 23.5. The van der Waals surface area contributed by atoms with Crippen LogP contribution in [-0.4, -0.2) is 79.0 Å². The summed E-state index contributed by atoms with van der Waals surface area (Å²) in [5, 5.41) is 0. The number of nitrogens with zero attached hydrogens (tertiary/aromatic N) is 3. The minimum Gasteiger partial charge on any atom is -0.339 e. The zero-order chi connectivity index (χ0) is 15.3. The van der Waals surface area contributed by atoms with Gasteiger partial charge in [-0.25, -0.2) is 0 Å². The van der Waals surface area contributed by atoms with Crippen molar-refractivity contribution in [3.63, 3.8) is 0 Å². The molecule has 5 heteroatoms. The van der Waals surface area contributed by atoms with E-state index in [1.165, 1.54) is 19.3 Å². The highest BCUT2D eigenvalue weighted by atomic mass is 16.2. The third kappa shape index (κ3) is 3.96. The lowest BCUT2D eigenvalue weighted by molar-refractivity contribution is -0.136. The summed E-state index contributed by atoms with van der Waals surface area (Å²) in [5.41, 5.74) is 6.18. The van der Waals surface area contributed by atoms with Gasteiger partial charge in [0, 0.05) is 38.3 Å². The molecule has 2 rings (SSSR count). The molecule has 0 bridgehead atoms. The Kier molecular flexibility index (Phi) is 6.02. The minimum absolute atomic E-state index is 0.0647. The van der Waals surface area contributed by atoms with Crippen molar-refractivity contribution < 1.29 is 4.79 Å². The number of carbonyl (C=O) groups excluding carboxylic acids is 1. The van der Waals surface area contributed by atoms with Gasteiger partial charge in [0.15, 0.2) is 0 Å². The monoisotopic (exact) mass is 296 g/mol. The van der Waals surface area contributed by atoms with Gasteiger partial charge in [-0.2, -0.15) is 0 Å². The molecule has 1 aliphatic heterocycles. The Morgan fingerprint density at radius 2 is 1.76 bits per heavy atom. The number of amides is 1. The summed E-state index contributed by atoms with van der Waals surface area (Å²) >= 11 is 0. The van der Waals surface area contributed by atoms with Crippen LogP contribution in [0.15, 0.2) is 0 Å². The molecule has 0 aromatic rings. The number of likely N-dealkylation sites (N-methyl/N-ethyl adjacent to an activating group) is 2. The van der Waals surface area contributed by atoms with E-state index >= 15 is 0 Å². The Morgan fingerprint density at radius 3 is 2.29 bits per heavy atom. The highest BCUT2D eigenvalue weighted by Gasteiger charge is 2.37. The van der Waals surface area contributed by atoms with E-state index in [1.807, 2.05) is 4.90 Å². The molecular weight excluding hydrogens is 264 g/mol. The van der Waals surface area contributed by atoms with Crippen LogP contribution in [-0.2, 0) is 4.79 Å². The van der Waals surface area contributed by atoms with Crippen LogP contribution in [0.2, 0.25) is 0 Å². The predicted octanol–water partition coefficient (Wildman–Crippen LogP) is 0.744. The maximum atomic E-state index is 12.6. The number of nitrogens with two attached hydrogens (primary N) is 1. The van der Waals surface area contributed by atoms with Gasteiger partial charge in [-0.05, 0) is 26.4 Å². The van der Waals surface area contributed by atoms with E-state index in [1.54, 1.807) is 0 Å². The number of rotatable bonds is 5. The van der Waals surface area contributed by atoms with Crippen LogP contribution in [0.25, 0.3) is 0 Å². The van der Waals surface area contributed by atoms with Crippen LogP contribution in [0.3, 0.4) is 0 Å². The fourth-order valence-electron chi connectivity index (χ4n) is 3.79. The molecule has 2 aliphatic rings. The topological polar surface area (TPSA) is 52.8 Å². The van der Waals surface area contributed by atoms with Crippen molar-refractivity contribution in [3.05, 3.63) is 0 Å². The summed E-state index contributed by atoms with van der Waals surface area (Å²) in [6, 6.07) is 0. The number of carbonyl (C=O) groups is 1. The maximum Gasteiger partial charge on any atom is 0.236 e. The first-order valence-corrected chi connectivity index (χ1v) is 8.53. The number of hydrogen-bond acceptors (Lipinski definition) is 4. The van der Waals surface area contributed by atoms with Crippen LogP contribution < -0.4 is 5.73 Å². The SMILES string of the molecule is CCN(CC(=O)N1CCN(C)CC1)C1(CN)CCCCC1. The summed E-state index contributed by atoms with van der Waals surface area (Å²) in [6.07, 6.45) is 6.10. The second kappa shape index (κ2) is 7.56. The number of piperazine rings is 1. The average Bonchev–Trinajstić information content (AvgIpc) is 2.53. The Bertz CT molecular complexity index is 333. The lowest BCUT2D eigenvalue weighted by Gasteiger charge is -2.46. The molecule has 2 fully saturated rings. The van der Waals surface area contributed by atoms with Gasteiger partial charge in [-0.3, -0.25) is 9.69 Å². The van der Waals surface area contributed by atoms with Crippen LogP contribution in [0.4, 0.5) is 0 Å². The molecule has 122 valence electrons. The lowest BCUT2D eigenvalue weighted by atomic mass is 9.80. The first kappa shape index (κ1) is 16.7. The smallest absolute Gasteiger partial charge is 0.236 e. The second-order valence-electron chi connectivity index (χ2n) is 6.69. The largest absolute Gasteiger partial charge is 0.339 e. The van der Waals surface area contributed by atoms with E-state index < -0.39 is 0 Å². The second-order valence-corrected chi connectivity index (χ2v) is 6.69. The van der Waals surface area contributed by atoms with Crippen molar-refractivity contribution in [2.45, 2.75) is 44.6 Å².